The van der Waals surface area contributed by atoms with E-state index in [0.29, 0.717) is 22.0 Å². The van der Waals surface area contributed by atoms with Crippen LogP contribution >= 0.6 is 11.3 Å². The maximum Gasteiger partial charge on any atom is 0.348 e. The number of aryl methyl sites for hydroxylation is 1. The van der Waals surface area contributed by atoms with Crippen molar-refractivity contribution in [2.75, 3.05) is 6.61 Å². The monoisotopic (exact) mass is 456 g/mol. The van der Waals surface area contributed by atoms with Gasteiger partial charge in [-0.3, -0.25) is 10.1 Å². The van der Waals surface area contributed by atoms with E-state index in [4.69, 9.17) is 9.15 Å². The van der Waals surface area contributed by atoms with Crippen LogP contribution < -0.4 is 10.6 Å². The van der Waals surface area contributed by atoms with E-state index >= 15 is 0 Å². The second kappa shape index (κ2) is 9.02. The Kier molecular flexibility index (Phi) is 5.99. The molecule has 0 aliphatic carbocycles. The van der Waals surface area contributed by atoms with Crippen LogP contribution in [-0.2, 0) is 16.1 Å². The highest BCUT2D eigenvalue weighted by molar-refractivity contribution is 7.20. The van der Waals surface area contributed by atoms with Gasteiger partial charge in [-0.15, -0.1) is 11.3 Å². The largest absolute Gasteiger partial charge is 0.467 e. The smallest absolute Gasteiger partial charge is 0.348 e. The van der Waals surface area contributed by atoms with Crippen molar-refractivity contribution in [3.05, 3.63) is 70.9 Å². The number of ether oxygens (including phenoxy) is 1. The molecule has 0 spiro atoms. The van der Waals surface area contributed by atoms with E-state index in [2.05, 4.69) is 15.7 Å². The summed E-state index contributed by atoms with van der Waals surface area (Å²) in [6.45, 7) is 1.28. The Morgan fingerprint density at radius 1 is 1.22 bits per heavy atom. The number of imide groups is 1. The van der Waals surface area contributed by atoms with Gasteiger partial charge in [-0.05, 0) is 49.4 Å². The molecule has 11 heteroatoms. The Labute approximate surface area is 184 Å². The van der Waals surface area contributed by atoms with Gasteiger partial charge in [0.2, 0.25) is 0 Å². The minimum Gasteiger partial charge on any atom is -0.467 e. The second-order valence-corrected chi connectivity index (χ2v) is 7.72. The summed E-state index contributed by atoms with van der Waals surface area (Å²) in [6, 6.07) is 10.0. The molecule has 9 nitrogen and oxygen atoms in total. The number of nitrogens with one attached hydrogen (secondary N) is 2. The molecule has 0 saturated carbocycles. The van der Waals surface area contributed by atoms with Crippen molar-refractivity contribution < 1.29 is 27.9 Å². The number of nitrogens with zero attached hydrogens (tertiary/aromatic N) is 2. The molecule has 4 aromatic rings. The number of furan rings is 1. The van der Waals surface area contributed by atoms with Crippen molar-refractivity contribution in [1.29, 1.82) is 0 Å². The molecule has 0 bridgehead atoms. The van der Waals surface area contributed by atoms with Gasteiger partial charge in [-0.2, -0.15) is 5.10 Å². The fraction of sp³-hybridized carbons (Fsp3) is 0.143. The first-order valence-corrected chi connectivity index (χ1v) is 10.2. The first-order chi connectivity index (χ1) is 15.4. The Morgan fingerprint density at radius 3 is 2.72 bits per heavy atom. The summed E-state index contributed by atoms with van der Waals surface area (Å²) in [6.07, 6.45) is 1.46. The molecule has 3 aromatic heterocycles. The molecule has 32 heavy (non-hydrogen) atoms. The fourth-order valence-electron chi connectivity index (χ4n) is 2.89. The zero-order valence-electron chi connectivity index (χ0n) is 16.8. The molecule has 0 radical (unpaired) electrons. The maximum absolute atomic E-state index is 13.2. The Hall–Kier alpha value is -3.99. The van der Waals surface area contributed by atoms with E-state index in [0.717, 1.165) is 16.7 Å². The number of amides is 3. The standard InChI is InChI=1S/C21H17FN4O5S/c1-12-16-9-17(32-19(16)26(25-12)14-6-4-13(22)5-7-14)20(28)31-11-18(27)24-21(29)23-10-15-3-2-8-30-15/h2-9H,10-11H2,1H3,(H2,23,24,27,29). The zero-order valence-corrected chi connectivity index (χ0v) is 17.6. The summed E-state index contributed by atoms with van der Waals surface area (Å²) in [5.41, 5.74) is 1.33. The average Bonchev–Trinajstić information content (AvgIpc) is 3.50. The topological polar surface area (TPSA) is 115 Å². The number of hydrogen-bond acceptors (Lipinski definition) is 7. The molecule has 0 saturated heterocycles. The predicted octanol–water partition coefficient (Wildman–Crippen LogP) is 3.31. The highest BCUT2D eigenvalue weighted by Gasteiger charge is 2.19. The number of thiophene rings is 1. The van der Waals surface area contributed by atoms with Gasteiger partial charge < -0.3 is 14.5 Å². The van der Waals surface area contributed by atoms with Gasteiger partial charge in [0, 0.05) is 5.39 Å². The number of halogens is 1. The zero-order chi connectivity index (χ0) is 22.7. The highest BCUT2D eigenvalue weighted by Crippen LogP contribution is 2.30. The summed E-state index contributed by atoms with van der Waals surface area (Å²) >= 11 is 1.13. The average molecular weight is 456 g/mol. The molecular formula is C21H17FN4O5S. The number of urea groups is 1. The van der Waals surface area contributed by atoms with Crippen LogP contribution in [0, 0.1) is 12.7 Å². The summed E-state index contributed by atoms with van der Waals surface area (Å²) in [5, 5.41) is 9.68. The third kappa shape index (κ3) is 4.67. The number of rotatable bonds is 6. The first-order valence-electron chi connectivity index (χ1n) is 9.43. The second-order valence-electron chi connectivity index (χ2n) is 6.69. The first kappa shape index (κ1) is 21.2. The van der Waals surface area contributed by atoms with Crippen LogP contribution in [0.1, 0.15) is 21.1 Å². The van der Waals surface area contributed by atoms with E-state index in [1.165, 1.54) is 18.4 Å². The van der Waals surface area contributed by atoms with Crippen LogP contribution in [-0.4, -0.2) is 34.3 Å². The van der Waals surface area contributed by atoms with Gasteiger partial charge in [0.25, 0.3) is 5.91 Å². The lowest BCUT2D eigenvalue weighted by Gasteiger charge is -2.06. The van der Waals surface area contributed by atoms with Crippen LogP contribution in [0.25, 0.3) is 15.9 Å². The number of esters is 1. The van der Waals surface area contributed by atoms with Crippen LogP contribution in [0.2, 0.25) is 0 Å². The number of benzene rings is 1. The lowest BCUT2D eigenvalue weighted by atomic mass is 10.3. The van der Waals surface area contributed by atoms with Crippen molar-refractivity contribution in [2.45, 2.75) is 13.5 Å². The van der Waals surface area contributed by atoms with E-state index in [-0.39, 0.29) is 17.2 Å². The van der Waals surface area contributed by atoms with Crippen LogP contribution in [0.4, 0.5) is 9.18 Å². The molecule has 0 aliphatic heterocycles. The molecule has 164 valence electrons. The maximum atomic E-state index is 13.2. The van der Waals surface area contributed by atoms with E-state index in [1.54, 1.807) is 41.9 Å². The Balaban J connectivity index is 1.36. The van der Waals surface area contributed by atoms with E-state index in [1.807, 2.05) is 0 Å². The lowest BCUT2D eigenvalue weighted by Crippen LogP contribution is -2.41. The van der Waals surface area contributed by atoms with Crippen LogP contribution in [0.3, 0.4) is 0 Å². The minimum absolute atomic E-state index is 0.109. The third-order valence-electron chi connectivity index (χ3n) is 4.41. The normalized spacial score (nSPS) is 10.8. The summed E-state index contributed by atoms with van der Waals surface area (Å²) in [4.78, 5) is 37.0. The predicted molar refractivity (Wildman–Crippen MR) is 113 cm³/mol. The molecule has 3 amide bonds. The summed E-state index contributed by atoms with van der Waals surface area (Å²) < 4.78 is 24.9. The van der Waals surface area contributed by atoms with E-state index in [9.17, 15) is 18.8 Å². The number of aromatic nitrogens is 2. The Bertz CT molecular complexity index is 1280. The molecule has 0 fully saturated rings. The number of carbonyl (C=O) groups is 3. The quantitative estimate of drug-likeness (QED) is 0.430. The van der Waals surface area contributed by atoms with Crippen molar-refractivity contribution >= 4 is 39.5 Å². The number of fused-ring (bicyclic) bond motifs is 1. The molecule has 0 unspecified atom stereocenters. The van der Waals surface area contributed by atoms with Gasteiger partial charge in [0.05, 0.1) is 24.2 Å². The number of carbonyl (C=O) groups excluding carboxylic acids is 3. The van der Waals surface area contributed by atoms with Crippen LogP contribution in [0.15, 0.2) is 53.1 Å². The number of hydrogen-bond donors (Lipinski definition) is 2. The van der Waals surface area contributed by atoms with Gasteiger partial charge in [0.1, 0.15) is 21.3 Å². The Morgan fingerprint density at radius 2 is 2.00 bits per heavy atom. The lowest BCUT2D eigenvalue weighted by molar-refractivity contribution is -0.123. The van der Waals surface area contributed by atoms with Gasteiger partial charge >= 0.3 is 12.0 Å². The van der Waals surface area contributed by atoms with Gasteiger partial charge in [-0.25, -0.2) is 18.7 Å². The molecular weight excluding hydrogens is 439 g/mol. The van der Waals surface area contributed by atoms with Gasteiger partial charge in [-0.1, -0.05) is 0 Å². The molecule has 2 N–H and O–H groups in total. The highest BCUT2D eigenvalue weighted by atomic mass is 32.1. The van der Waals surface area contributed by atoms with Crippen molar-refractivity contribution in [3.63, 3.8) is 0 Å². The molecule has 1 aromatic carbocycles. The van der Waals surface area contributed by atoms with Gasteiger partial charge in [0.15, 0.2) is 6.61 Å². The third-order valence-corrected chi connectivity index (χ3v) is 5.50. The molecule has 0 atom stereocenters. The summed E-state index contributed by atoms with van der Waals surface area (Å²) in [5.74, 6) is -1.32. The summed E-state index contributed by atoms with van der Waals surface area (Å²) in [7, 11) is 0. The van der Waals surface area contributed by atoms with Crippen molar-refractivity contribution in [2.24, 2.45) is 0 Å². The van der Waals surface area contributed by atoms with Crippen molar-refractivity contribution in [1.82, 2.24) is 20.4 Å². The van der Waals surface area contributed by atoms with Crippen LogP contribution in [0.5, 0.6) is 0 Å². The molecule has 0 aliphatic rings. The fourth-order valence-corrected chi connectivity index (χ4v) is 3.97. The minimum atomic E-state index is -0.773. The SMILES string of the molecule is Cc1nn(-c2ccc(F)cc2)c2sc(C(=O)OCC(=O)NC(=O)NCc3ccco3)cc12. The van der Waals surface area contributed by atoms with E-state index < -0.39 is 24.5 Å². The molecule has 4 rings (SSSR count). The molecule has 3 heterocycles. The van der Waals surface area contributed by atoms with Crippen molar-refractivity contribution in [3.8, 4) is 5.69 Å².